The smallest absolute Gasteiger partial charge is 0.130 e. The van der Waals surface area contributed by atoms with Crippen molar-refractivity contribution in [2.24, 2.45) is 0 Å². The molecule has 34 heavy (non-hydrogen) atoms. The first-order valence-corrected chi connectivity index (χ1v) is 12.1. The van der Waals surface area contributed by atoms with Crippen LogP contribution >= 0.6 is 11.6 Å². The maximum absolute atomic E-state index is 6.09. The second-order valence-corrected chi connectivity index (χ2v) is 8.99. The molecule has 1 saturated heterocycles. The minimum Gasteiger partial charge on any atom is -0.487 e. The molecule has 0 spiro atoms. The molecule has 172 valence electrons. The van der Waals surface area contributed by atoms with Gasteiger partial charge in [0.25, 0.3) is 0 Å². The van der Waals surface area contributed by atoms with Gasteiger partial charge in [-0.1, -0.05) is 60.1 Å². The Kier molecular flexibility index (Phi) is 7.20. The topological polar surface area (TPSA) is 37.4 Å². The Morgan fingerprint density at radius 1 is 0.912 bits per heavy atom. The van der Waals surface area contributed by atoms with Gasteiger partial charge in [-0.15, -0.1) is 0 Å². The maximum atomic E-state index is 6.09. The Hall–Kier alpha value is -3.18. The van der Waals surface area contributed by atoms with Crippen molar-refractivity contribution >= 4 is 34.2 Å². The molecule has 0 saturated carbocycles. The molecule has 3 aromatic carbocycles. The lowest BCUT2D eigenvalue weighted by atomic mass is 10.0. The van der Waals surface area contributed by atoms with E-state index >= 15 is 0 Å². The third kappa shape index (κ3) is 5.84. The fourth-order valence-electron chi connectivity index (χ4n) is 4.20. The van der Waals surface area contributed by atoms with Crippen molar-refractivity contribution < 1.29 is 4.74 Å². The first-order chi connectivity index (χ1) is 16.7. The molecule has 0 amide bonds. The number of ether oxygens (including phenoxy) is 1. The average Bonchev–Trinajstić information content (AvgIpc) is 2.89. The number of halogens is 1. The minimum atomic E-state index is 0.443. The van der Waals surface area contributed by atoms with Crippen LogP contribution in [0.4, 0.5) is 0 Å². The second-order valence-electron chi connectivity index (χ2n) is 8.56. The molecule has 0 bridgehead atoms. The highest BCUT2D eigenvalue weighted by Gasteiger charge is 2.13. The van der Waals surface area contributed by atoms with E-state index < -0.39 is 0 Å². The van der Waals surface area contributed by atoms with Gasteiger partial charge in [0.15, 0.2) is 0 Å². The van der Waals surface area contributed by atoms with Gasteiger partial charge in [0, 0.05) is 43.1 Å². The summed E-state index contributed by atoms with van der Waals surface area (Å²) in [6.07, 6.45) is 2.26. The van der Waals surface area contributed by atoms with Crippen molar-refractivity contribution in [1.29, 1.82) is 0 Å². The molecule has 2 heterocycles. The fraction of sp³-hybridized carbons (Fsp3) is 0.207. The largest absolute Gasteiger partial charge is 0.487 e. The Morgan fingerprint density at radius 3 is 2.47 bits per heavy atom. The van der Waals surface area contributed by atoms with Crippen molar-refractivity contribution in [3.05, 3.63) is 107 Å². The van der Waals surface area contributed by atoms with Crippen molar-refractivity contribution in [1.82, 2.24) is 15.2 Å². The Bertz CT molecular complexity index is 1260. The van der Waals surface area contributed by atoms with Crippen LogP contribution in [0.2, 0.25) is 5.02 Å². The van der Waals surface area contributed by atoms with Crippen molar-refractivity contribution in [3.8, 4) is 5.75 Å². The molecule has 0 atom stereocenters. The highest BCUT2D eigenvalue weighted by atomic mass is 35.5. The van der Waals surface area contributed by atoms with Crippen LogP contribution < -0.4 is 10.1 Å². The van der Waals surface area contributed by atoms with Gasteiger partial charge in [0.05, 0.1) is 11.2 Å². The van der Waals surface area contributed by atoms with Gasteiger partial charge in [-0.05, 0) is 59.2 Å². The molecule has 0 unspecified atom stereocenters. The number of rotatable bonds is 7. The van der Waals surface area contributed by atoms with Crippen LogP contribution in [0.5, 0.6) is 5.75 Å². The van der Waals surface area contributed by atoms with Crippen molar-refractivity contribution in [2.75, 3.05) is 32.7 Å². The summed E-state index contributed by atoms with van der Waals surface area (Å²) in [5.41, 5.74) is 5.54. The fourth-order valence-corrected chi connectivity index (χ4v) is 4.33. The number of pyridine rings is 1. The standard InChI is InChI=1S/C29H28ClN3O/c30-26-10-5-22(6-11-26)19-25(20-33-17-15-31-16-18-33)23-8-13-28(14-9-23)34-21-27-12-7-24-3-1-2-4-29(24)32-27/h1-14,19,31H,15-18,20-21H2. The van der Waals surface area contributed by atoms with E-state index in [1.807, 2.05) is 48.5 Å². The van der Waals surface area contributed by atoms with E-state index in [1.165, 1.54) is 11.1 Å². The highest BCUT2D eigenvalue weighted by molar-refractivity contribution is 6.30. The number of hydrogen-bond acceptors (Lipinski definition) is 4. The van der Waals surface area contributed by atoms with Gasteiger partial charge < -0.3 is 10.1 Å². The normalized spacial score (nSPS) is 14.9. The number of fused-ring (bicyclic) bond motifs is 1. The Morgan fingerprint density at radius 2 is 1.68 bits per heavy atom. The predicted molar refractivity (Wildman–Crippen MR) is 141 cm³/mol. The van der Waals surface area contributed by atoms with E-state index in [1.54, 1.807) is 0 Å². The molecule has 4 aromatic rings. The zero-order valence-corrected chi connectivity index (χ0v) is 19.8. The molecule has 5 heteroatoms. The Balaban J connectivity index is 1.31. The number of nitrogens with one attached hydrogen (secondary N) is 1. The third-order valence-corrected chi connectivity index (χ3v) is 6.33. The minimum absolute atomic E-state index is 0.443. The van der Waals surface area contributed by atoms with E-state index in [4.69, 9.17) is 21.3 Å². The molecule has 0 aliphatic carbocycles. The molecule has 1 aliphatic heterocycles. The van der Waals surface area contributed by atoms with Crippen molar-refractivity contribution in [2.45, 2.75) is 6.61 Å². The average molecular weight is 470 g/mol. The van der Waals surface area contributed by atoms with Crippen LogP contribution in [0.3, 0.4) is 0 Å². The molecular weight excluding hydrogens is 442 g/mol. The molecule has 0 radical (unpaired) electrons. The molecule has 1 aliphatic rings. The summed E-state index contributed by atoms with van der Waals surface area (Å²) in [7, 11) is 0. The first kappa shape index (κ1) is 22.6. The molecule has 1 N–H and O–H groups in total. The van der Waals surface area contributed by atoms with Gasteiger partial charge in [0.1, 0.15) is 12.4 Å². The monoisotopic (exact) mass is 469 g/mol. The zero-order valence-electron chi connectivity index (χ0n) is 19.1. The van der Waals surface area contributed by atoms with Gasteiger partial charge >= 0.3 is 0 Å². The molecular formula is C29H28ClN3O. The Labute approximate surface area is 205 Å². The van der Waals surface area contributed by atoms with Crippen LogP contribution in [0.25, 0.3) is 22.6 Å². The number of aromatic nitrogens is 1. The summed E-state index contributed by atoms with van der Waals surface area (Å²) < 4.78 is 6.04. The summed E-state index contributed by atoms with van der Waals surface area (Å²) in [6.45, 7) is 5.52. The van der Waals surface area contributed by atoms with Gasteiger partial charge in [0.2, 0.25) is 0 Å². The van der Waals surface area contributed by atoms with Crippen LogP contribution in [-0.4, -0.2) is 42.6 Å². The molecule has 5 rings (SSSR count). The van der Waals surface area contributed by atoms with Crippen LogP contribution in [-0.2, 0) is 6.61 Å². The van der Waals surface area contributed by atoms with Gasteiger partial charge in [-0.3, -0.25) is 4.90 Å². The van der Waals surface area contributed by atoms with Crippen molar-refractivity contribution in [3.63, 3.8) is 0 Å². The number of hydrogen-bond donors (Lipinski definition) is 1. The summed E-state index contributed by atoms with van der Waals surface area (Å²) in [4.78, 5) is 7.19. The number of piperazine rings is 1. The number of benzene rings is 3. The van der Waals surface area contributed by atoms with E-state index in [2.05, 4.69) is 52.7 Å². The number of para-hydroxylation sites is 1. The summed E-state index contributed by atoms with van der Waals surface area (Å²) in [6, 6.07) is 28.6. The lowest BCUT2D eigenvalue weighted by molar-refractivity contribution is 0.268. The van der Waals surface area contributed by atoms with Crippen LogP contribution in [0, 0.1) is 0 Å². The summed E-state index contributed by atoms with van der Waals surface area (Å²) in [5, 5.41) is 5.32. The maximum Gasteiger partial charge on any atom is 0.130 e. The van der Waals surface area contributed by atoms with E-state index in [-0.39, 0.29) is 0 Å². The third-order valence-electron chi connectivity index (χ3n) is 6.08. The van der Waals surface area contributed by atoms with Gasteiger partial charge in [-0.25, -0.2) is 4.98 Å². The lowest BCUT2D eigenvalue weighted by Gasteiger charge is -2.28. The molecule has 4 nitrogen and oxygen atoms in total. The van der Waals surface area contributed by atoms with E-state index in [0.717, 1.165) is 65.7 Å². The van der Waals surface area contributed by atoms with Crippen LogP contribution in [0.1, 0.15) is 16.8 Å². The summed E-state index contributed by atoms with van der Waals surface area (Å²) >= 11 is 6.09. The predicted octanol–water partition coefficient (Wildman–Crippen LogP) is 5.91. The van der Waals surface area contributed by atoms with E-state index in [9.17, 15) is 0 Å². The lowest BCUT2D eigenvalue weighted by Crippen LogP contribution is -2.43. The second kappa shape index (κ2) is 10.8. The number of nitrogens with zero attached hydrogens (tertiary/aromatic N) is 2. The molecule has 1 fully saturated rings. The molecule has 1 aromatic heterocycles. The van der Waals surface area contributed by atoms with Crippen LogP contribution in [0.15, 0.2) is 84.9 Å². The zero-order chi connectivity index (χ0) is 23.2. The first-order valence-electron chi connectivity index (χ1n) is 11.7. The highest BCUT2D eigenvalue weighted by Crippen LogP contribution is 2.24. The quantitative estimate of drug-likeness (QED) is 0.341. The SMILES string of the molecule is Clc1ccc(C=C(CN2CCNCC2)c2ccc(OCc3ccc4ccccc4n3)cc2)cc1. The summed E-state index contributed by atoms with van der Waals surface area (Å²) in [5.74, 6) is 0.840. The van der Waals surface area contributed by atoms with Gasteiger partial charge in [-0.2, -0.15) is 0 Å². The van der Waals surface area contributed by atoms with E-state index in [0.29, 0.717) is 6.61 Å².